The van der Waals surface area contributed by atoms with E-state index in [1.807, 2.05) is 0 Å². The Morgan fingerprint density at radius 3 is 2.71 bits per heavy atom. The average Bonchev–Trinajstić information content (AvgIpc) is 2.90. The number of carbonyl (C=O) groups is 1. The minimum absolute atomic E-state index is 0.0102. The van der Waals surface area contributed by atoms with Crippen molar-refractivity contribution in [2.75, 3.05) is 18.1 Å². The predicted molar refractivity (Wildman–Crippen MR) is 65.4 cm³/mol. The molecule has 2 heterocycles. The zero-order chi connectivity index (χ0) is 12.5. The van der Waals surface area contributed by atoms with E-state index >= 15 is 0 Å². The molecule has 6 heteroatoms. The molecule has 0 radical (unpaired) electrons. The summed E-state index contributed by atoms with van der Waals surface area (Å²) in [5, 5.41) is 6.14. The van der Waals surface area contributed by atoms with Gasteiger partial charge < -0.3 is 10.6 Å². The van der Waals surface area contributed by atoms with Crippen LogP contribution in [0.5, 0.6) is 0 Å². The average molecular weight is 260 g/mol. The molecule has 0 aromatic heterocycles. The minimum Gasteiger partial charge on any atom is -0.355 e. The highest BCUT2D eigenvalue weighted by molar-refractivity contribution is 7.91. The topological polar surface area (TPSA) is 75.3 Å². The van der Waals surface area contributed by atoms with E-state index in [0.717, 1.165) is 12.8 Å². The lowest BCUT2D eigenvalue weighted by Crippen LogP contribution is -2.39. The van der Waals surface area contributed by atoms with Crippen LogP contribution in [-0.2, 0) is 14.6 Å². The first-order chi connectivity index (χ1) is 8.02. The number of rotatable bonds is 5. The SMILES string of the molecule is CCS(=O)(=O)CCNC(=O)C1CC2CCC1N2. The second-order valence-electron chi connectivity index (χ2n) is 4.92. The van der Waals surface area contributed by atoms with E-state index in [-0.39, 0.29) is 29.9 Å². The second kappa shape index (κ2) is 4.94. The highest BCUT2D eigenvalue weighted by Crippen LogP contribution is 2.33. The fourth-order valence-electron chi connectivity index (χ4n) is 2.72. The van der Waals surface area contributed by atoms with Crippen molar-refractivity contribution in [3.63, 3.8) is 0 Å². The summed E-state index contributed by atoms with van der Waals surface area (Å²) in [6.45, 7) is 1.86. The Bertz CT molecular complexity index is 394. The third kappa shape index (κ3) is 2.98. The Labute approximate surface area is 102 Å². The van der Waals surface area contributed by atoms with Crippen LogP contribution in [0.2, 0.25) is 0 Å². The minimum atomic E-state index is -2.98. The number of hydrogen-bond acceptors (Lipinski definition) is 4. The van der Waals surface area contributed by atoms with E-state index in [9.17, 15) is 13.2 Å². The normalized spacial score (nSPS) is 31.7. The molecule has 3 unspecified atom stereocenters. The van der Waals surface area contributed by atoms with Crippen molar-refractivity contribution >= 4 is 15.7 Å². The van der Waals surface area contributed by atoms with Gasteiger partial charge in [-0.1, -0.05) is 6.92 Å². The maximum absolute atomic E-state index is 11.9. The highest BCUT2D eigenvalue weighted by atomic mass is 32.2. The molecule has 3 atom stereocenters. The molecule has 2 N–H and O–H groups in total. The van der Waals surface area contributed by atoms with Gasteiger partial charge in [-0.15, -0.1) is 0 Å². The van der Waals surface area contributed by atoms with Gasteiger partial charge in [-0.3, -0.25) is 4.79 Å². The van der Waals surface area contributed by atoms with Crippen LogP contribution in [0.1, 0.15) is 26.2 Å². The molecule has 0 spiro atoms. The molecule has 0 aromatic carbocycles. The van der Waals surface area contributed by atoms with E-state index in [2.05, 4.69) is 10.6 Å². The van der Waals surface area contributed by atoms with Crippen LogP contribution < -0.4 is 10.6 Å². The Morgan fingerprint density at radius 1 is 1.41 bits per heavy atom. The van der Waals surface area contributed by atoms with Gasteiger partial charge in [0.15, 0.2) is 9.84 Å². The third-order valence-corrected chi connectivity index (χ3v) is 5.49. The summed E-state index contributed by atoms with van der Waals surface area (Å²) in [6.07, 6.45) is 3.13. The lowest BCUT2D eigenvalue weighted by Gasteiger charge is -2.19. The standard InChI is InChI=1S/C11H20N2O3S/c1-2-17(15,16)6-5-12-11(14)9-7-8-3-4-10(9)13-8/h8-10,13H,2-7H2,1H3,(H,12,14). The Hall–Kier alpha value is -0.620. The van der Waals surface area contributed by atoms with Crippen LogP contribution in [0.4, 0.5) is 0 Å². The molecule has 2 aliphatic rings. The van der Waals surface area contributed by atoms with Gasteiger partial charge in [-0.2, -0.15) is 0 Å². The molecule has 0 saturated carbocycles. The van der Waals surface area contributed by atoms with Crippen molar-refractivity contribution in [2.45, 2.75) is 38.3 Å². The first-order valence-corrected chi connectivity index (χ1v) is 8.08. The van der Waals surface area contributed by atoms with Crippen molar-refractivity contribution in [3.05, 3.63) is 0 Å². The monoisotopic (exact) mass is 260 g/mol. The van der Waals surface area contributed by atoms with E-state index in [4.69, 9.17) is 0 Å². The van der Waals surface area contributed by atoms with Crippen LogP contribution >= 0.6 is 0 Å². The molecule has 2 rings (SSSR count). The zero-order valence-corrected chi connectivity index (χ0v) is 10.9. The van der Waals surface area contributed by atoms with Crippen molar-refractivity contribution in [1.82, 2.24) is 10.6 Å². The Kier molecular flexibility index (Phi) is 3.73. The van der Waals surface area contributed by atoms with Crippen LogP contribution in [0.15, 0.2) is 0 Å². The molecule has 98 valence electrons. The van der Waals surface area contributed by atoms with Gasteiger partial charge in [0.25, 0.3) is 0 Å². The fourth-order valence-corrected chi connectivity index (χ4v) is 3.42. The van der Waals surface area contributed by atoms with Crippen molar-refractivity contribution in [3.8, 4) is 0 Å². The quantitative estimate of drug-likeness (QED) is 0.710. The summed E-state index contributed by atoms with van der Waals surface area (Å²) in [7, 11) is -2.98. The Balaban J connectivity index is 1.75. The lowest BCUT2D eigenvalue weighted by atomic mass is 9.88. The first-order valence-electron chi connectivity index (χ1n) is 6.26. The van der Waals surface area contributed by atoms with Gasteiger partial charge in [0, 0.05) is 24.4 Å². The van der Waals surface area contributed by atoms with Gasteiger partial charge in [0.2, 0.25) is 5.91 Å². The summed E-state index contributed by atoms with van der Waals surface area (Å²) in [6, 6.07) is 0.804. The number of sulfone groups is 1. The fraction of sp³-hybridized carbons (Fsp3) is 0.909. The van der Waals surface area contributed by atoms with E-state index in [0.29, 0.717) is 12.1 Å². The van der Waals surface area contributed by atoms with Crippen LogP contribution in [0, 0.1) is 5.92 Å². The molecule has 0 aliphatic carbocycles. The van der Waals surface area contributed by atoms with E-state index < -0.39 is 9.84 Å². The molecule has 2 bridgehead atoms. The van der Waals surface area contributed by atoms with Gasteiger partial charge in [-0.25, -0.2) is 8.42 Å². The number of fused-ring (bicyclic) bond motifs is 2. The van der Waals surface area contributed by atoms with Crippen LogP contribution in [0.3, 0.4) is 0 Å². The Morgan fingerprint density at radius 2 is 2.18 bits per heavy atom. The first kappa shape index (κ1) is 12.8. The summed E-state index contributed by atoms with van der Waals surface area (Å²) >= 11 is 0. The molecule has 2 saturated heterocycles. The molecule has 0 aromatic rings. The van der Waals surface area contributed by atoms with Gasteiger partial charge in [-0.05, 0) is 19.3 Å². The number of amides is 1. The summed E-state index contributed by atoms with van der Waals surface area (Å²) in [4.78, 5) is 11.9. The largest absolute Gasteiger partial charge is 0.355 e. The van der Waals surface area contributed by atoms with Crippen LogP contribution in [0.25, 0.3) is 0 Å². The molecule has 17 heavy (non-hydrogen) atoms. The number of carbonyl (C=O) groups excluding carboxylic acids is 1. The molecule has 2 aliphatic heterocycles. The summed E-state index contributed by atoms with van der Waals surface area (Å²) in [5.74, 6) is 0.233. The van der Waals surface area contributed by atoms with Crippen molar-refractivity contribution < 1.29 is 13.2 Å². The second-order valence-corrected chi connectivity index (χ2v) is 7.39. The van der Waals surface area contributed by atoms with Crippen molar-refractivity contribution in [2.24, 2.45) is 5.92 Å². The number of nitrogens with one attached hydrogen (secondary N) is 2. The molecule has 5 nitrogen and oxygen atoms in total. The highest BCUT2D eigenvalue weighted by Gasteiger charge is 2.42. The van der Waals surface area contributed by atoms with Crippen molar-refractivity contribution in [1.29, 1.82) is 0 Å². The van der Waals surface area contributed by atoms with E-state index in [1.165, 1.54) is 6.42 Å². The third-order valence-electron chi connectivity index (χ3n) is 3.79. The molecule has 1 amide bonds. The smallest absolute Gasteiger partial charge is 0.224 e. The van der Waals surface area contributed by atoms with Gasteiger partial charge >= 0.3 is 0 Å². The van der Waals surface area contributed by atoms with Gasteiger partial charge in [0.1, 0.15) is 0 Å². The maximum atomic E-state index is 11.9. The molecular formula is C11H20N2O3S. The molecular weight excluding hydrogens is 240 g/mol. The number of hydrogen-bond donors (Lipinski definition) is 2. The lowest BCUT2D eigenvalue weighted by molar-refractivity contribution is -0.125. The summed E-state index contributed by atoms with van der Waals surface area (Å²) < 4.78 is 22.5. The maximum Gasteiger partial charge on any atom is 0.224 e. The molecule has 2 fully saturated rings. The van der Waals surface area contributed by atoms with E-state index in [1.54, 1.807) is 6.92 Å². The van der Waals surface area contributed by atoms with Gasteiger partial charge in [0.05, 0.1) is 11.7 Å². The summed E-state index contributed by atoms with van der Waals surface area (Å²) in [5.41, 5.74) is 0. The predicted octanol–water partition coefficient (Wildman–Crippen LogP) is -0.322. The van der Waals surface area contributed by atoms with Crippen LogP contribution in [-0.4, -0.2) is 44.5 Å². The zero-order valence-electron chi connectivity index (χ0n) is 10.1.